The van der Waals surface area contributed by atoms with Crippen molar-refractivity contribution in [3.8, 4) is 17.2 Å². The third-order valence-electron chi connectivity index (χ3n) is 5.93. The van der Waals surface area contributed by atoms with E-state index in [-0.39, 0.29) is 41.6 Å². The highest BCUT2D eigenvalue weighted by molar-refractivity contribution is 6.60. The summed E-state index contributed by atoms with van der Waals surface area (Å²) in [6.45, 7) is 0.800. The van der Waals surface area contributed by atoms with Gasteiger partial charge in [0.1, 0.15) is 29.3 Å². The van der Waals surface area contributed by atoms with Crippen LogP contribution in [0.2, 0.25) is 0 Å². The third kappa shape index (κ3) is 8.10. The summed E-state index contributed by atoms with van der Waals surface area (Å²) in [4.78, 5) is 41.9. The Balaban J connectivity index is 1.62. The average molecular weight is 559 g/mol. The molecule has 0 aliphatic heterocycles. The van der Waals surface area contributed by atoms with Crippen molar-refractivity contribution in [2.75, 3.05) is 38.0 Å². The third-order valence-corrected chi connectivity index (χ3v) is 5.93. The number of amides is 3. The zero-order valence-corrected chi connectivity index (χ0v) is 23.8. The molecule has 212 valence electrons. The van der Waals surface area contributed by atoms with Gasteiger partial charge in [-0.15, -0.1) is 10.2 Å². The lowest BCUT2D eigenvalue weighted by atomic mass is 9.49. The van der Waals surface area contributed by atoms with Crippen molar-refractivity contribution in [1.82, 2.24) is 25.8 Å². The second-order valence-corrected chi connectivity index (χ2v) is 10.6. The van der Waals surface area contributed by atoms with E-state index < -0.39 is 11.1 Å². The fourth-order valence-corrected chi connectivity index (χ4v) is 3.89. The van der Waals surface area contributed by atoms with Gasteiger partial charge >= 0.3 is 0 Å². The number of ether oxygens (including phenoxy) is 2. The summed E-state index contributed by atoms with van der Waals surface area (Å²) in [5, 5.41) is 19.3. The fourth-order valence-electron chi connectivity index (χ4n) is 3.89. The van der Waals surface area contributed by atoms with Crippen LogP contribution in [0.3, 0.4) is 0 Å². The number of nitrogens with zero attached hydrogens (tertiary/aromatic N) is 3. The number of carbonyl (C=O) groups is 3. The Morgan fingerprint density at radius 1 is 1.12 bits per heavy atom. The molecule has 1 aliphatic rings. The van der Waals surface area contributed by atoms with E-state index in [0.29, 0.717) is 41.6 Å². The molecule has 0 radical (unpaired) electrons. The van der Waals surface area contributed by atoms with Gasteiger partial charge in [0.25, 0.3) is 5.91 Å². The first-order chi connectivity index (χ1) is 19.6. The molecule has 3 amide bonds. The number of para-hydroxylation sites is 1. The van der Waals surface area contributed by atoms with E-state index in [2.05, 4.69) is 36.4 Å². The van der Waals surface area contributed by atoms with E-state index in [1.807, 2.05) is 23.5 Å². The molecule has 2 heterocycles. The van der Waals surface area contributed by atoms with Crippen molar-refractivity contribution in [3.05, 3.63) is 41.9 Å². The number of carbonyl (C=O) groups excluding carboxylic acids is 3. The van der Waals surface area contributed by atoms with Crippen molar-refractivity contribution in [3.63, 3.8) is 0 Å². The molecule has 3 aromatic rings. The smallest absolute Gasteiger partial charge is 0.272 e. The molecule has 16 heteroatoms. The highest BCUT2D eigenvalue weighted by Gasteiger charge is 2.30. The second-order valence-electron chi connectivity index (χ2n) is 10.6. The molecule has 1 saturated carbocycles. The van der Waals surface area contributed by atoms with Crippen molar-refractivity contribution < 1.29 is 28.3 Å². The van der Waals surface area contributed by atoms with Crippen molar-refractivity contribution in [1.29, 1.82) is 0 Å². The summed E-state index contributed by atoms with van der Waals surface area (Å²) in [6, 6.07) is 6.84. The van der Waals surface area contributed by atoms with Gasteiger partial charge in [-0.3, -0.25) is 14.4 Å². The van der Waals surface area contributed by atoms with Gasteiger partial charge in [0.15, 0.2) is 17.3 Å². The van der Waals surface area contributed by atoms with Gasteiger partial charge in [-0.25, -0.2) is 4.98 Å². The Hall–Kier alpha value is -4.33. The van der Waals surface area contributed by atoms with Crippen LogP contribution in [-0.2, 0) is 20.7 Å². The minimum absolute atomic E-state index is 0.0151. The summed E-state index contributed by atoms with van der Waals surface area (Å²) in [5.74, 6) is 0.402. The van der Waals surface area contributed by atoms with Crippen molar-refractivity contribution in [2.45, 2.75) is 24.5 Å². The molecular weight excluding hydrogens is 527 g/mol. The number of aromatic nitrogens is 3. The molecule has 2 aromatic heterocycles. The van der Waals surface area contributed by atoms with E-state index in [4.69, 9.17) is 13.9 Å². The normalized spacial score (nSPS) is 12.8. The summed E-state index contributed by atoms with van der Waals surface area (Å²) in [5.41, 5.74) is 1.35. The quantitative estimate of drug-likeness (QED) is 0.147. The van der Waals surface area contributed by atoms with Crippen molar-refractivity contribution in [2.24, 2.45) is 5.92 Å². The van der Waals surface area contributed by atoms with Gasteiger partial charge in [-0.05, 0) is 30.2 Å². The lowest BCUT2D eigenvalue weighted by molar-refractivity contribution is -0.121. The van der Waals surface area contributed by atoms with Crippen LogP contribution in [0.4, 0.5) is 17.2 Å². The van der Waals surface area contributed by atoms with E-state index >= 15 is 0 Å². The molecule has 1 fully saturated rings. The fraction of sp³-hybridized carbons (Fsp3) is 0.360. The molecule has 0 atom stereocenters. The average Bonchev–Trinajstić information content (AvgIpc) is 3.67. The first-order valence-corrected chi connectivity index (χ1v) is 13.2. The molecule has 41 heavy (non-hydrogen) atoms. The van der Waals surface area contributed by atoms with Gasteiger partial charge in [-0.1, -0.05) is 6.07 Å². The van der Waals surface area contributed by atoms with Crippen LogP contribution < -0.4 is 26.0 Å². The SMILES string of the molecule is BC(B)(B)NC(=O)c1nnc(NC(=O)C2CC2)cc1Nc1cccc(-c2ncc(CC(=O)NCCOC)o2)c1OC. The van der Waals surface area contributed by atoms with E-state index in [9.17, 15) is 14.4 Å². The van der Waals surface area contributed by atoms with Crippen LogP contribution in [0.25, 0.3) is 11.5 Å². The van der Waals surface area contributed by atoms with Gasteiger partial charge in [0.2, 0.25) is 17.7 Å². The highest BCUT2D eigenvalue weighted by atomic mass is 16.5. The number of nitrogens with one attached hydrogen (secondary N) is 4. The zero-order valence-electron chi connectivity index (χ0n) is 23.8. The lowest BCUT2D eigenvalue weighted by Gasteiger charge is -2.21. The molecule has 0 unspecified atom stereocenters. The van der Waals surface area contributed by atoms with Gasteiger partial charge in [0.05, 0.1) is 43.3 Å². The Morgan fingerprint density at radius 3 is 2.59 bits per heavy atom. The molecule has 4 rings (SSSR count). The summed E-state index contributed by atoms with van der Waals surface area (Å²) < 4.78 is 16.5. The number of hydrogen-bond acceptors (Lipinski definition) is 10. The predicted molar refractivity (Wildman–Crippen MR) is 160 cm³/mol. The van der Waals surface area contributed by atoms with E-state index in [0.717, 1.165) is 12.8 Å². The number of oxazole rings is 1. The Kier molecular flexibility index (Phi) is 9.33. The van der Waals surface area contributed by atoms with Crippen LogP contribution >= 0.6 is 0 Å². The lowest BCUT2D eigenvalue weighted by Crippen LogP contribution is -2.50. The second kappa shape index (κ2) is 12.9. The number of anilines is 3. The predicted octanol–water partition coefficient (Wildman–Crippen LogP) is -1.22. The molecule has 0 spiro atoms. The maximum absolute atomic E-state index is 13.1. The highest BCUT2D eigenvalue weighted by Crippen LogP contribution is 2.38. The summed E-state index contributed by atoms with van der Waals surface area (Å²) in [7, 11) is 8.63. The van der Waals surface area contributed by atoms with E-state index in [1.165, 1.54) is 13.3 Å². The zero-order chi connectivity index (χ0) is 29.6. The van der Waals surface area contributed by atoms with E-state index in [1.54, 1.807) is 31.4 Å². The molecule has 1 aromatic carbocycles. The maximum atomic E-state index is 13.1. The minimum Gasteiger partial charge on any atom is -0.494 e. The van der Waals surface area contributed by atoms with Gasteiger partial charge in [0, 0.05) is 25.6 Å². The Labute approximate surface area is 240 Å². The Morgan fingerprint density at radius 2 is 1.90 bits per heavy atom. The molecule has 1 aliphatic carbocycles. The molecule has 0 bridgehead atoms. The number of hydrogen-bond donors (Lipinski definition) is 4. The Bertz CT molecular complexity index is 1420. The molecule has 4 N–H and O–H groups in total. The standard InChI is InChI=1S/C25H32B3N7O6/c1-39-9-8-29-19(36)10-14-12-30-24(41-14)15-4-3-5-16(21(15)40-2)31-17-11-18(32-22(37)13-6-7-13)34-35-20(17)23(38)33-25(26,27)28/h3-5,11-13H,6-10,26-28H2,1-2H3,(H,29,36)(H,33,38)(H2,31,32,34,37). The number of rotatable bonds is 13. The largest absolute Gasteiger partial charge is 0.494 e. The van der Waals surface area contributed by atoms with Crippen LogP contribution in [0.1, 0.15) is 29.1 Å². The monoisotopic (exact) mass is 559 g/mol. The number of methoxy groups -OCH3 is 2. The van der Waals surface area contributed by atoms with Gasteiger partial charge < -0.3 is 35.2 Å². The van der Waals surface area contributed by atoms with Gasteiger partial charge in [-0.2, -0.15) is 0 Å². The molecule has 0 saturated heterocycles. The topological polar surface area (TPSA) is 170 Å². The summed E-state index contributed by atoms with van der Waals surface area (Å²) >= 11 is 0. The van der Waals surface area contributed by atoms with Crippen LogP contribution in [-0.4, -0.2) is 89.0 Å². The van der Waals surface area contributed by atoms with Crippen LogP contribution in [0, 0.1) is 5.92 Å². The van der Waals surface area contributed by atoms with Crippen LogP contribution in [0.5, 0.6) is 5.75 Å². The first kappa shape index (κ1) is 29.7. The molecular formula is C25H32B3N7O6. The first-order valence-electron chi connectivity index (χ1n) is 13.2. The summed E-state index contributed by atoms with van der Waals surface area (Å²) in [6.07, 6.45) is 3.17. The minimum atomic E-state index is -0.518. The van der Waals surface area contributed by atoms with Crippen molar-refractivity contribution >= 4 is 58.5 Å². The van der Waals surface area contributed by atoms with Crippen LogP contribution in [0.15, 0.2) is 34.9 Å². The maximum Gasteiger partial charge on any atom is 0.272 e. The number of benzene rings is 1. The molecule has 13 nitrogen and oxygen atoms in total.